The van der Waals surface area contributed by atoms with Crippen LogP contribution in [0.2, 0.25) is 0 Å². The van der Waals surface area contributed by atoms with Gasteiger partial charge in [-0.25, -0.2) is 8.42 Å². The maximum absolute atomic E-state index is 12.5. The molecule has 0 unspecified atom stereocenters. The molecular formula is C17H13BrN2O2S. The molecule has 0 aliphatic carbocycles. The molecule has 0 bridgehead atoms. The Hall–Kier alpha value is -2.10. The van der Waals surface area contributed by atoms with Crippen molar-refractivity contribution in [1.29, 1.82) is 5.26 Å². The largest absolute Gasteiger partial charge is 0.314 e. The number of fused-ring (bicyclic) bond motifs is 1. The van der Waals surface area contributed by atoms with E-state index in [0.29, 0.717) is 5.69 Å². The average molecular weight is 389 g/mol. The molecule has 116 valence electrons. The number of sulfone groups is 1. The summed E-state index contributed by atoms with van der Waals surface area (Å²) in [5.41, 5.74) is 3.34. The van der Waals surface area contributed by atoms with Crippen molar-refractivity contribution >= 4 is 37.1 Å². The van der Waals surface area contributed by atoms with E-state index in [-0.39, 0.29) is 9.80 Å². The van der Waals surface area contributed by atoms with E-state index >= 15 is 0 Å². The van der Waals surface area contributed by atoms with Crippen molar-refractivity contribution in [1.82, 2.24) is 0 Å². The van der Waals surface area contributed by atoms with E-state index in [9.17, 15) is 13.7 Å². The molecule has 1 aliphatic rings. The van der Waals surface area contributed by atoms with E-state index in [4.69, 9.17) is 0 Å². The second-order valence-electron chi connectivity index (χ2n) is 5.38. The summed E-state index contributed by atoms with van der Waals surface area (Å²) >= 11 is 3.46. The number of nitrogens with zero attached hydrogens (tertiary/aromatic N) is 2. The number of anilines is 2. The molecule has 0 radical (unpaired) electrons. The van der Waals surface area contributed by atoms with Gasteiger partial charge < -0.3 is 4.90 Å². The summed E-state index contributed by atoms with van der Waals surface area (Å²) in [6.07, 6.45) is 1.39. The molecule has 0 spiro atoms. The molecule has 0 saturated carbocycles. The molecule has 6 heteroatoms. The molecule has 1 heterocycles. The highest BCUT2D eigenvalue weighted by molar-refractivity contribution is 9.10. The number of aryl methyl sites for hydroxylation is 2. The number of hydrogen-bond acceptors (Lipinski definition) is 4. The van der Waals surface area contributed by atoms with Crippen LogP contribution in [-0.2, 0) is 9.84 Å². The number of benzene rings is 2. The SMILES string of the molecule is Cc1ccc2c(c1)N(c1ccc(Br)c(C)c1)C=C(C#N)S2(=O)=O. The lowest BCUT2D eigenvalue weighted by Gasteiger charge is -2.28. The van der Waals surface area contributed by atoms with Crippen LogP contribution in [0.5, 0.6) is 0 Å². The number of hydrogen-bond donors (Lipinski definition) is 0. The summed E-state index contributed by atoms with van der Waals surface area (Å²) in [5.74, 6) is 0. The fraction of sp³-hybridized carbons (Fsp3) is 0.118. The summed E-state index contributed by atoms with van der Waals surface area (Å²) < 4.78 is 26.0. The van der Waals surface area contributed by atoms with Gasteiger partial charge >= 0.3 is 0 Å². The van der Waals surface area contributed by atoms with Gasteiger partial charge in [-0.05, 0) is 55.3 Å². The van der Waals surface area contributed by atoms with Gasteiger partial charge in [-0.3, -0.25) is 0 Å². The highest BCUT2D eigenvalue weighted by atomic mass is 79.9. The quantitative estimate of drug-likeness (QED) is 0.727. The van der Waals surface area contributed by atoms with Crippen LogP contribution in [0.1, 0.15) is 11.1 Å². The summed E-state index contributed by atoms with van der Waals surface area (Å²) in [5, 5.41) is 9.24. The maximum Gasteiger partial charge on any atom is 0.220 e. The molecule has 0 fully saturated rings. The van der Waals surface area contributed by atoms with Crippen molar-refractivity contribution in [2.45, 2.75) is 18.7 Å². The normalized spacial score (nSPS) is 15.6. The van der Waals surface area contributed by atoms with Gasteiger partial charge in [-0.2, -0.15) is 5.26 Å². The van der Waals surface area contributed by atoms with Crippen LogP contribution < -0.4 is 4.90 Å². The Morgan fingerprint density at radius 2 is 1.87 bits per heavy atom. The zero-order valence-corrected chi connectivity index (χ0v) is 14.9. The van der Waals surface area contributed by atoms with Crippen LogP contribution >= 0.6 is 15.9 Å². The topological polar surface area (TPSA) is 61.2 Å². The third-order valence-corrected chi connectivity index (χ3v) is 6.32. The Bertz CT molecular complexity index is 988. The van der Waals surface area contributed by atoms with Gasteiger partial charge in [0.25, 0.3) is 0 Å². The van der Waals surface area contributed by atoms with Gasteiger partial charge in [0.1, 0.15) is 6.07 Å². The van der Waals surface area contributed by atoms with Crippen LogP contribution in [0.15, 0.2) is 56.9 Å². The van der Waals surface area contributed by atoms with Crippen molar-refractivity contribution in [3.63, 3.8) is 0 Å². The lowest BCUT2D eigenvalue weighted by atomic mass is 10.1. The summed E-state index contributed by atoms with van der Waals surface area (Å²) in [7, 11) is -3.76. The van der Waals surface area contributed by atoms with E-state index < -0.39 is 9.84 Å². The molecule has 4 nitrogen and oxygen atoms in total. The lowest BCUT2D eigenvalue weighted by Crippen LogP contribution is -2.21. The molecule has 2 aromatic carbocycles. The molecule has 0 saturated heterocycles. The molecular weight excluding hydrogens is 376 g/mol. The highest BCUT2D eigenvalue weighted by Gasteiger charge is 2.32. The van der Waals surface area contributed by atoms with E-state index in [1.807, 2.05) is 38.1 Å². The second-order valence-corrected chi connectivity index (χ2v) is 8.12. The molecule has 2 aromatic rings. The summed E-state index contributed by atoms with van der Waals surface area (Å²) in [6, 6.07) is 12.6. The van der Waals surface area contributed by atoms with Crippen LogP contribution in [0.4, 0.5) is 11.4 Å². The highest BCUT2D eigenvalue weighted by Crippen LogP contribution is 2.40. The Morgan fingerprint density at radius 3 is 2.52 bits per heavy atom. The first-order chi connectivity index (χ1) is 10.8. The second kappa shape index (κ2) is 5.52. The maximum atomic E-state index is 12.5. The zero-order valence-electron chi connectivity index (χ0n) is 12.5. The Labute approximate surface area is 143 Å². The van der Waals surface area contributed by atoms with Gasteiger partial charge in [0, 0.05) is 16.4 Å². The predicted octanol–water partition coefficient (Wildman–Crippen LogP) is 4.36. The first-order valence-corrected chi connectivity index (χ1v) is 9.15. The van der Waals surface area contributed by atoms with Crippen LogP contribution in [0.25, 0.3) is 0 Å². The Morgan fingerprint density at radius 1 is 1.13 bits per heavy atom. The van der Waals surface area contributed by atoms with Crippen molar-refractivity contribution in [2.24, 2.45) is 0 Å². The van der Waals surface area contributed by atoms with Crippen molar-refractivity contribution in [2.75, 3.05) is 4.90 Å². The minimum Gasteiger partial charge on any atom is -0.314 e. The standard InChI is InChI=1S/C17H13BrN2O2S/c1-11-3-6-17-16(7-11)20(10-14(9-19)23(17,21)22)13-4-5-15(18)12(2)8-13/h3-8,10H,1-2H3. The Balaban J connectivity index is 2.30. The van der Waals surface area contributed by atoms with Crippen molar-refractivity contribution in [3.05, 3.63) is 63.1 Å². The van der Waals surface area contributed by atoms with Gasteiger partial charge in [0.15, 0.2) is 4.91 Å². The minimum atomic E-state index is -3.76. The summed E-state index contributed by atoms with van der Waals surface area (Å²) in [6.45, 7) is 3.86. The fourth-order valence-corrected chi connectivity index (χ4v) is 4.03. The zero-order chi connectivity index (χ0) is 16.8. The molecule has 0 aromatic heterocycles. The van der Waals surface area contributed by atoms with Gasteiger partial charge in [0.2, 0.25) is 9.84 Å². The van der Waals surface area contributed by atoms with Gasteiger partial charge in [-0.1, -0.05) is 22.0 Å². The monoisotopic (exact) mass is 388 g/mol. The van der Waals surface area contributed by atoms with Crippen molar-refractivity contribution in [3.8, 4) is 6.07 Å². The number of halogens is 1. The molecule has 3 rings (SSSR count). The first-order valence-electron chi connectivity index (χ1n) is 6.87. The first kappa shape index (κ1) is 15.8. The molecule has 0 amide bonds. The van der Waals surface area contributed by atoms with E-state index in [0.717, 1.165) is 21.3 Å². The molecule has 23 heavy (non-hydrogen) atoms. The number of nitriles is 1. The average Bonchev–Trinajstić information content (AvgIpc) is 2.50. The van der Waals surface area contributed by atoms with Crippen LogP contribution in [0, 0.1) is 25.2 Å². The van der Waals surface area contributed by atoms with Crippen molar-refractivity contribution < 1.29 is 8.42 Å². The van der Waals surface area contributed by atoms with Gasteiger partial charge in [0.05, 0.1) is 10.6 Å². The number of allylic oxidation sites excluding steroid dienone is 1. The third-order valence-electron chi connectivity index (χ3n) is 3.73. The third kappa shape index (κ3) is 2.56. The predicted molar refractivity (Wildman–Crippen MR) is 93.1 cm³/mol. The number of rotatable bonds is 1. The van der Waals surface area contributed by atoms with E-state index in [1.165, 1.54) is 6.20 Å². The Kier molecular flexibility index (Phi) is 3.78. The van der Waals surface area contributed by atoms with Crippen LogP contribution in [0.3, 0.4) is 0 Å². The minimum absolute atomic E-state index is 0.155. The lowest BCUT2D eigenvalue weighted by molar-refractivity contribution is 0.602. The van der Waals surface area contributed by atoms with Crippen LogP contribution in [-0.4, -0.2) is 8.42 Å². The summed E-state index contributed by atoms with van der Waals surface area (Å²) in [4.78, 5) is 1.65. The molecule has 0 atom stereocenters. The van der Waals surface area contributed by atoms with E-state index in [1.54, 1.807) is 23.1 Å². The molecule has 0 N–H and O–H groups in total. The van der Waals surface area contributed by atoms with Gasteiger partial charge in [-0.15, -0.1) is 0 Å². The van der Waals surface area contributed by atoms with E-state index in [2.05, 4.69) is 15.9 Å². The fourth-order valence-electron chi connectivity index (χ4n) is 2.50. The smallest absolute Gasteiger partial charge is 0.220 e. The molecule has 1 aliphatic heterocycles.